The van der Waals surface area contributed by atoms with Gasteiger partial charge in [0.15, 0.2) is 5.78 Å². The number of hydrogen-bond donors (Lipinski definition) is 1. The minimum atomic E-state index is -0.442. The van der Waals surface area contributed by atoms with Crippen LogP contribution in [0.4, 0.5) is 5.69 Å². The van der Waals surface area contributed by atoms with Crippen LogP contribution in [0.3, 0.4) is 0 Å². The number of non-ortho nitro benzene ring substituents is 1. The first-order valence-electron chi connectivity index (χ1n) is 6.38. The van der Waals surface area contributed by atoms with Crippen LogP contribution in [0.5, 0.6) is 0 Å². The summed E-state index contributed by atoms with van der Waals surface area (Å²) >= 11 is 0. The number of H-pyrrole nitrogens is 1. The maximum atomic E-state index is 12.3. The van der Waals surface area contributed by atoms with Gasteiger partial charge in [-0.05, 0) is 18.9 Å². The molecule has 1 aromatic heterocycles. The lowest BCUT2D eigenvalue weighted by Gasteiger charge is -2.09. The monoisotopic (exact) mass is 260 g/mol. The SMILES string of the molecule is CCC(CC)C(=O)c1c[nH]c2cc([N+](=O)[O-])ccc12. The topological polar surface area (TPSA) is 76.0 Å². The zero-order valence-electron chi connectivity index (χ0n) is 11.0. The van der Waals surface area contributed by atoms with Gasteiger partial charge in [-0.3, -0.25) is 14.9 Å². The van der Waals surface area contributed by atoms with Crippen molar-refractivity contribution in [2.24, 2.45) is 5.92 Å². The molecule has 1 heterocycles. The second-order valence-corrected chi connectivity index (χ2v) is 4.57. The summed E-state index contributed by atoms with van der Waals surface area (Å²) < 4.78 is 0. The number of Topliss-reactive ketones (excluding diaryl/α,β-unsaturated/α-hetero) is 1. The fraction of sp³-hybridized carbons (Fsp3) is 0.357. The van der Waals surface area contributed by atoms with Crippen LogP contribution >= 0.6 is 0 Å². The Balaban J connectivity index is 2.46. The number of hydrogen-bond acceptors (Lipinski definition) is 3. The Morgan fingerprint density at radius 2 is 2.05 bits per heavy atom. The van der Waals surface area contributed by atoms with Crippen LogP contribution in [0.2, 0.25) is 0 Å². The molecule has 0 aliphatic heterocycles. The minimum absolute atomic E-state index is 0.00851. The third-order valence-electron chi connectivity index (χ3n) is 3.50. The average Bonchev–Trinajstić information content (AvgIpc) is 2.82. The van der Waals surface area contributed by atoms with E-state index in [1.54, 1.807) is 12.3 Å². The van der Waals surface area contributed by atoms with Gasteiger partial charge in [0.05, 0.1) is 10.4 Å². The number of nitro benzene ring substituents is 1. The molecule has 100 valence electrons. The molecule has 1 N–H and O–H groups in total. The number of aromatic amines is 1. The second-order valence-electron chi connectivity index (χ2n) is 4.57. The van der Waals surface area contributed by atoms with Crippen molar-refractivity contribution in [3.05, 3.63) is 40.1 Å². The lowest BCUT2D eigenvalue weighted by Crippen LogP contribution is -2.12. The predicted molar refractivity (Wildman–Crippen MR) is 73.4 cm³/mol. The van der Waals surface area contributed by atoms with Gasteiger partial charge in [-0.1, -0.05) is 13.8 Å². The van der Waals surface area contributed by atoms with E-state index in [4.69, 9.17) is 0 Å². The normalized spacial score (nSPS) is 11.1. The zero-order valence-corrected chi connectivity index (χ0v) is 11.0. The number of nitrogens with zero attached hydrogens (tertiary/aromatic N) is 1. The highest BCUT2D eigenvalue weighted by molar-refractivity contribution is 6.09. The fourth-order valence-electron chi connectivity index (χ4n) is 2.31. The van der Waals surface area contributed by atoms with Crippen LogP contribution in [-0.4, -0.2) is 15.7 Å². The van der Waals surface area contributed by atoms with Crippen molar-refractivity contribution in [2.45, 2.75) is 26.7 Å². The molecule has 0 bridgehead atoms. The van der Waals surface area contributed by atoms with Crippen molar-refractivity contribution in [3.63, 3.8) is 0 Å². The van der Waals surface area contributed by atoms with Crippen LogP contribution in [0.1, 0.15) is 37.0 Å². The number of rotatable bonds is 5. The van der Waals surface area contributed by atoms with Crippen LogP contribution in [0, 0.1) is 16.0 Å². The molecule has 0 unspecified atom stereocenters. The number of benzene rings is 1. The number of fused-ring (bicyclic) bond motifs is 1. The molecule has 0 fully saturated rings. The first kappa shape index (κ1) is 13.3. The molecular weight excluding hydrogens is 244 g/mol. The van der Waals surface area contributed by atoms with E-state index in [0.29, 0.717) is 11.1 Å². The van der Waals surface area contributed by atoms with Gasteiger partial charge in [-0.2, -0.15) is 0 Å². The highest BCUT2D eigenvalue weighted by atomic mass is 16.6. The lowest BCUT2D eigenvalue weighted by atomic mass is 9.93. The second kappa shape index (κ2) is 5.22. The summed E-state index contributed by atoms with van der Waals surface area (Å²) in [5.41, 5.74) is 1.28. The molecule has 0 spiro atoms. The van der Waals surface area contributed by atoms with Gasteiger partial charge in [-0.25, -0.2) is 0 Å². The summed E-state index contributed by atoms with van der Waals surface area (Å²) in [4.78, 5) is 25.6. The first-order chi connectivity index (χ1) is 9.08. The average molecular weight is 260 g/mol. The Morgan fingerprint density at radius 3 is 2.63 bits per heavy atom. The summed E-state index contributed by atoms with van der Waals surface area (Å²) in [6, 6.07) is 4.53. The molecule has 5 nitrogen and oxygen atoms in total. The highest BCUT2D eigenvalue weighted by Crippen LogP contribution is 2.26. The summed E-state index contributed by atoms with van der Waals surface area (Å²) in [5, 5.41) is 11.5. The summed E-state index contributed by atoms with van der Waals surface area (Å²) in [7, 11) is 0. The quantitative estimate of drug-likeness (QED) is 0.506. The summed E-state index contributed by atoms with van der Waals surface area (Å²) in [6.45, 7) is 3.98. The maximum Gasteiger partial charge on any atom is 0.271 e. The van der Waals surface area contributed by atoms with Gasteiger partial charge in [0.25, 0.3) is 5.69 Å². The Kier molecular flexibility index (Phi) is 3.64. The van der Waals surface area contributed by atoms with E-state index in [1.807, 2.05) is 13.8 Å². The molecule has 2 aromatic rings. The van der Waals surface area contributed by atoms with Crippen molar-refractivity contribution in [3.8, 4) is 0 Å². The van der Waals surface area contributed by atoms with E-state index >= 15 is 0 Å². The van der Waals surface area contributed by atoms with Crippen molar-refractivity contribution in [1.82, 2.24) is 4.98 Å². The number of ketones is 1. The van der Waals surface area contributed by atoms with Crippen molar-refractivity contribution in [2.75, 3.05) is 0 Å². The van der Waals surface area contributed by atoms with Crippen molar-refractivity contribution < 1.29 is 9.72 Å². The maximum absolute atomic E-state index is 12.3. The van der Waals surface area contributed by atoms with Crippen LogP contribution < -0.4 is 0 Å². The number of carbonyl (C=O) groups excluding carboxylic acids is 1. The van der Waals surface area contributed by atoms with Crippen LogP contribution in [0.25, 0.3) is 10.9 Å². The van der Waals surface area contributed by atoms with E-state index in [1.165, 1.54) is 12.1 Å². The van der Waals surface area contributed by atoms with Crippen molar-refractivity contribution in [1.29, 1.82) is 0 Å². The van der Waals surface area contributed by atoms with E-state index in [0.717, 1.165) is 18.2 Å². The van der Waals surface area contributed by atoms with Gasteiger partial charge >= 0.3 is 0 Å². The Bertz CT molecular complexity index is 627. The number of nitro groups is 1. The smallest absolute Gasteiger partial charge is 0.271 e. The van der Waals surface area contributed by atoms with Crippen LogP contribution in [0.15, 0.2) is 24.4 Å². The summed E-state index contributed by atoms with van der Waals surface area (Å²) in [5.74, 6) is 0.110. The molecule has 0 amide bonds. The van der Waals surface area contributed by atoms with Crippen LogP contribution in [-0.2, 0) is 0 Å². The fourth-order valence-corrected chi connectivity index (χ4v) is 2.31. The molecule has 0 saturated heterocycles. The molecule has 0 aliphatic carbocycles. The molecule has 19 heavy (non-hydrogen) atoms. The minimum Gasteiger partial charge on any atom is -0.360 e. The third kappa shape index (κ3) is 2.36. The predicted octanol–water partition coefficient (Wildman–Crippen LogP) is 3.70. The zero-order chi connectivity index (χ0) is 14.0. The summed E-state index contributed by atoms with van der Waals surface area (Å²) in [6.07, 6.45) is 3.25. The number of carbonyl (C=O) groups is 1. The molecule has 0 radical (unpaired) electrons. The van der Waals surface area contributed by atoms with Gasteiger partial charge in [0.2, 0.25) is 0 Å². The Hall–Kier alpha value is -2.17. The molecule has 1 aromatic carbocycles. The largest absolute Gasteiger partial charge is 0.360 e. The van der Waals surface area contributed by atoms with E-state index in [2.05, 4.69) is 4.98 Å². The molecule has 5 heteroatoms. The number of nitrogens with one attached hydrogen (secondary N) is 1. The Labute approximate surface area is 110 Å². The van der Waals surface area contributed by atoms with E-state index < -0.39 is 4.92 Å². The number of aromatic nitrogens is 1. The van der Waals surface area contributed by atoms with Gasteiger partial charge < -0.3 is 4.98 Å². The molecule has 2 rings (SSSR count). The van der Waals surface area contributed by atoms with Crippen molar-refractivity contribution >= 4 is 22.4 Å². The Morgan fingerprint density at radius 1 is 1.37 bits per heavy atom. The van der Waals surface area contributed by atoms with Gasteiger partial charge in [0.1, 0.15) is 0 Å². The van der Waals surface area contributed by atoms with Gasteiger partial charge in [0, 0.05) is 35.2 Å². The molecule has 0 saturated carbocycles. The van der Waals surface area contributed by atoms with E-state index in [-0.39, 0.29) is 17.4 Å². The van der Waals surface area contributed by atoms with Gasteiger partial charge in [-0.15, -0.1) is 0 Å². The highest BCUT2D eigenvalue weighted by Gasteiger charge is 2.20. The molecular formula is C14H16N2O3. The standard InChI is InChI=1S/C14H16N2O3/c1-3-9(4-2)14(17)12-8-15-13-7-10(16(18)19)5-6-11(12)13/h5-9,15H,3-4H2,1-2H3. The lowest BCUT2D eigenvalue weighted by molar-refractivity contribution is -0.384. The molecule has 0 aliphatic rings. The molecule has 0 atom stereocenters. The van der Waals surface area contributed by atoms with E-state index in [9.17, 15) is 14.9 Å². The third-order valence-corrected chi connectivity index (χ3v) is 3.50. The first-order valence-corrected chi connectivity index (χ1v) is 6.38.